The number of amides is 1. The number of ether oxygens (including phenoxy) is 2. The number of allylic oxidation sites excluding steroid dienone is 2. The van der Waals surface area contributed by atoms with Gasteiger partial charge in [0.15, 0.2) is 17.8 Å². The van der Waals surface area contributed by atoms with Crippen molar-refractivity contribution in [3.8, 4) is 11.5 Å². The maximum Gasteiger partial charge on any atom is 0.253 e. The molecule has 1 aromatic carbocycles. The molecule has 10 heteroatoms. The third-order valence-electron chi connectivity index (χ3n) is 12.4. The molecular formula is C37H51NO9. The fourth-order valence-corrected chi connectivity index (χ4v) is 9.88. The molecule has 0 bridgehead atoms. The number of rotatable bonds is 6. The summed E-state index contributed by atoms with van der Waals surface area (Å²) in [6.07, 6.45) is 4.58. The molecule has 258 valence electrons. The van der Waals surface area contributed by atoms with Crippen LogP contribution in [-0.2, 0) is 19.1 Å². The summed E-state index contributed by atoms with van der Waals surface area (Å²) >= 11 is 0. The van der Waals surface area contributed by atoms with Crippen molar-refractivity contribution in [3.63, 3.8) is 0 Å². The van der Waals surface area contributed by atoms with Gasteiger partial charge in [-0.3, -0.25) is 4.79 Å². The van der Waals surface area contributed by atoms with E-state index in [1.807, 2.05) is 6.92 Å². The molecule has 10 nitrogen and oxygen atoms in total. The second-order valence-electron chi connectivity index (χ2n) is 15.3. The first kappa shape index (κ1) is 34.0. The van der Waals surface area contributed by atoms with Crippen LogP contribution in [0.15, 0.2) is 41.2 Å². The van der Waals surface area contributed by atoms with E-state index in [2.05, 4.69) is 39.1 Å². The van der Waals surface area contributed by atoms with E-state index < -0.39 is 47.7 Å². The number of carbonyl (C=O) groups is 2. The lowest BCUT2D eigenvalue weighted by Crippen LogP contribution is -2.56. The summed E-state index contributed by atoms with van der Waals surface area (Å²) in [7, 11) is 0. The van der Waals surface area contributed by atoms with Crippen LogP contribution >= 0.6 is 0 Å². The van der Waals surface area contributed by atoms with Crippen LogP contribution in [0.2, 0.25) is 0 Å². The van der Waals surface area contributed by atoms with Crippen molar-refractivity contribution in [2.75, 3.05) is 0 Å². The van der Waals surface area contributed by atoms with Gasteiger partial charge in [-0.2, -0.15) is 0 Å². The molecule has 6 N–H and O–H groups in total. The van der Waals surface area contributed by atoms with Crippen LogP contribution in [0.25, 0.3) is 0 Å². The second-order valence-corrected chi connectivity index (χ2v) is 15.3. The molecule has 1 amide bonds. The van der Waals surface area contributed by atoms with Gasteiger partial charge in [-0.05, 0) is 98.1 Å². The zero-order valence-electron chi connectivity index (χ0n) is 28.0. The molecule has 1 aromatic rings. The lowest BCUT2D eigenvalue weighted by Gasteiger charge is -2.55. The Bertz CT molecular complexity index is 1420. The lowest BCUT2D eigenvalue weighted by atomic mass is 9.53. The van der Waals surface area contributed by atoms with E-state index in [4.69, 9.17) is 9.47 Å². The van der Waals surface area contributed by atoms with Crippen molar-refractivity contribution >= 4 is 12.2 Å². The summed E-state index contributed by atoms with van der Waals surface area (Å²) in [5.41, 5.74) is 1.70. The van der Waals surface area contributed by atoms with Gasteiger partial charge in [0.1, 0.15) is 17.8 Å². The van der Waals surface area contributed by atoms with Gasteiger partial charge < -0.3 is 45.1 Å². The topological polar surface area (TPSA) is 166 Å². The smallest absolute Gasteiger partial charge is 0.253 e. The summed E-state index contributed by atoms with van der Waals surface area (Å²) in [6, 6.07) is 4.56. The van der Waals surface area contributed by atoms with E-state index in [1.165, 1.54) is 6.07 Å². The molecule has 0 aromatic heterocycles. The fourth-order valence-electron chi connectivity index (χ4n) is 9.88. The van der Waals surface area contributed by atoms with E-state index in [-0.39, 0.29) is 64.6 Å². The van der Waals surface area contributed by atoms with E-state index in [1.54, 1.807) is 12.1 Å². The first-order valence-corrected chi connectivity index (χ1v) is 17.4. The van der Waals surface area contributed by atoms with Crippen LogP contribution in [0.3, 0.4) is 0 Å². The van der Waals surface area contributed by atoms with Crippen LogP contribution in [0, 0.1) is 53.3 Å². The number of aromatic hydroxyl groups is 2. The summed E-state index contributed by atoms with van der Waals surface area (Å²) in [5.74, 6) is -3.54. The van der Waals surface area contributed by atoms with Crippen molar-refractivity contribution < 1.29 is 44.6 Å². The second kappa shape index (κ2) is 12.8. The number of hydrogen-bond acceptors (Lipinski definition) is 9. The van der Waals surface area contributed by atoms with Gasteiger partial charge in [-0.15, -0.1) is 0 Å². The number of aldehydes is 1. The lowest BCUT2D eigenvalue weighted by molar-refractivity contribution is -0.356. The molecule has 2 saturated heterocycles. The van der Waals surface area contributed by atoms with Crippen LogP contribution in [0.4, 0.5) is 0 Å². The van der Waals surface area contributed by atoms with Gasteiger partial charge in [0, 0.05) is 18.4 Å². The number of fused-ring (bicyclic) bond motifs is 1. The van der Waals surface area contributed by atoms with E-state index >= 15 is 0 Å². The number of phenols is 2. The average molecular weight is 654 g/mol. The maximum absolute atomic E-state index is 13.0. The van der Waals surface area contributed by atoms with Crippen LogP contribution in [0.1, 0.15) is 84.8 Å². The Morgan fingerprint density at radius 3 is 2.34 bits per heavy atom. The fraction of sp³-hybridized carbons (Fsp3) is 0.676. The number of aliphatic hydroxyl groups is 3. The van der Waals surface area contributed by atoms with Gasteiger partial charge in [0.25, 0.3) is 5.91 Å². The average Bonchev–Trinajstić information content (AvgIpc) is 3.26. The van der Waals surface area contributed by atoms with Crippen LogP contribution in [0.5, 0.6) is 11.5 Å². The number of phenolic OH excluding ortho intramolecular Hbond substituents is 2. The summed E-state index contributed by atoms with van der Waals surface area (Å²) in [4.78, 5) is 26.1. The van der Waals surface area contributed by atoms with Gasteiger partial charge in [-0.25, -0.2) is 0 Å². The number of benzene rings is 1. The summed E-state index contributed by atoms with van der Waals surface area (Å²) in [6.45, 7) is 10.5. The largest absolute Gasteiger partial charge is 0.508 e. The Labute approximate surface area is 276 Å². The van der Waals surface area contributed by atoms with Crippen molar-refractivity contribution in [1.29, 1.82) is 0 Å². The Hall–Kier alpha value is -2.92. The normalized spacial score (nSPS) is 42.9. The quantitative estimate of drug-likeness (QED) is 0.183. The third kappa shape index (κ3) is 6.00. The molecule has 47 heavy (non-hydrogen) atoms. The molecule has 0 radical (unpaired) electrons. The van der Waals surface area contributed by atoms with Crippen LogP contribution in [-0.4, -0.2) is 61.9 Å². The standard InChI is InChI=1S/C37H51NO9/c1-17-8-9-37(47-34(17)23-12-24(40)14-25(41)13-23)20(4)10-19(3)29(46-37)15-26-18(2)11-22-6-7-28(42)21(5)30(22)31(26)27(16-39)32-33(43)36(45)38-35(32)44/h11-14,16-17,19-22,26-31,34,36,40-43,45H,6-10,15H2,1-5H3,(H,38,44)/t17-,19-,20-,21?,22?,26+,27?,28+,29?,30?,31+,34-,36?,37+/m0/s1. The molecular weight excluding hydrogens is 602 g/mol. The molecule has 6 unspecified atom stereocenters. The molecule has 2 aliphatic carbocycles. The minimum Gasteiger partial charge on any atom is -0.508 e. The summed E-state index contributed by atoms with van der Waals surface area (Å²) in [5, 5.41) is 54.9. The zero-order chi connectivity index (χ0) is 33.9. The molecule has 1 saturated carbocycles. The molecule has 1 spiro atoms. The monoisotopic (exact) mass is 653 g/mol. The van der Waals surface area contributed by atoms with Crippen molar-refractivity contribution in [2.24, 2.45) is 53.3 Å². The van der Waals surface area contributed by atoms with E-state index in [9.17, 15) is 35.1 Å². The predicted molar refractivity (Wildman–Crippen MR) is 173 cm³/mol. The van der Waals surface area contributed by atoms with E-state index in [0.29, 0.717) is 24.8 Å². The van der Waals surface area contributed by atoms with Crippen molar-refractivity contribution in [2.45, 2.75) is 103 Å². The molecule has 5 aliphatic rings. The summed E-state index contributed by atoms with van der Waals surface area (Å²) < 4.78 is 14.0. The van der Waals surface area contributed by atoms with Gasteiger partial charge >= 0.3 is 0 Å². The van der Waals surface area contributed by atoms with Gasteiger partial charge in [0.05, 0.1) is 29.8 Å². The number of nitrogens with one attached hydrogen (secondary N) is 1. The van der Waals surface area contributed by atoms with Gasteiger partial charge in [0.2, 0.25) is 0 Å². The minimum absolute atomic E-state index is 0.0279. The maximum atomic E-state index is 13.0. The highest BCUT2D eigenvalue weighted by molar-refractivity contribution is 6.00. The molecule has 14 atom stereocenters. The predicted octanol–water partition coefficient (Wildman–Crippen LogP) is 5.02. The van der Waals surface area contributed by atoms with Crippen molar-refractivity contribution in [3.05, 3.63) is 46.7 Å². The Balaban J connectivity index is 1.35. The highest BCUT2D eigenvalue weighted by Crippen LogP contribution is 2.56. The molecule has 3 heterocycles. The first-order chi connectivity index (χ1) is 22.2. The molecule has 6 rings (SSSR count). The van der Waals surface area contributed by atoms with Crippen LogP contribution < -0.4 is 5.32 Å². The number of aliphatic hydroxyl groups excluding tert-OH is 3. The Morgan fingerprint density at radius 2 is 1.70 bits per heavy atom. The SMILES string of the molecule is CC1=CC2CC[C@@H](O)C(C)C2[C@@H](C(C=O)C2=C(O)C(O)NC2=O)[C@@H]1CC1O[C@@]2(CC[C@H](C)[C@@H](c3cc(O)cc(O)c3)O2)[C@@H](C)C[C@@H]1C. The third-order valence-corrected chi connectivity index (χ3v) is 12.4. The van der Waals surface area contributed by atoms with Crippen molar-refractivity contribution in [1.82, 2.24) is 5.32 Å². The molecule has 3 fully saturated rings. The highest BCUT2D eigenvalue weighted by atomic mass is 16.7. The minimum atomic E-state index is -1.56. The Morgan fingerprint density at radius 1 is 1.00 bits per heavy atom. The number of hydrogen-bond donors (Lipinski definition) is 6. The Kier molecular flexibility index (Phi) is 9.28. The number of carbonyl (C=O) groups excluding carboxylic acids is 2. The highest BCUT2D eigenvalue weighted by Gasteiger charge is 2.55. The molecule has 3 aliphatic heterocycles. The first-order valence-electron chi connectivity index (χ1n) is 17.4. The zero-order valence-corrected chi connectivity index (χ0v) is 28.0. The van der Waals surface area contributed by atoms with Gasteiger partial charge in [-0.1, -0.05) is 39.3 Å². The van der Waals surface area contributed by atoms with E-state index in [0.717, 1.165) is 31.1 Å².